The van der Waals surface area contributed by atoms with E-state index in [4.69, 9.17) is 9.84 Å². The van der Waals surface area contributed by atoms with E-state index in [2.05, 4.69) is 0 Å². The summed E-state index contributed by atoms with van der Waals surface area (Å²) in [5.74, 6) is 0.234. The van der Waals surface area contributed by atoms with Crippen LogP contribution in [0.4, 0.5) is 4.79 Å². The first-order chi connectivity index (χ1) is 6.27. The lowest BCUT2D eigenvalue weighted by Crippen LogP contribution is -2.41. The molecule has 0 radical (unpaired) electrons. The standard InChI is InChI=1S/C9H17NO3/c1-2-13-9(12)10-5-3-4-8(6-10)7-11/h8,11H,2-7H2,1H3/t8-/m1/s1. The first kappa shape index (κ1) is 10.3. The normalized spacial score (nSPS) is 22.9. The number of nitrogens with zero attached hydrogens (tertiary/aromatic N) is 1. The summed E-state index contributed by atoms with van der Waals surface area (Å²) in [5.41, 5.74) is 0. The molecule has 1 amide bonds. The molecule has 1 atom stereocenters. The van der Waals surface area contributed by atoms with Crippen molar-refractivity contribution >= 4 is 6.09 Å². The van der Waals surface area contributed by atoms with Crippen molar-refractivity contribution in [3.8, 4) is 0 Å². The number of piperidine rings is 1. The molecule has 1 N–H and O–H groups in total. The molecule has 1 aliphatic heterocycles. The summed E-state index contributed by atoms with van der Waals surface area (Å²) in [7, 11) is 0. The molecule has 0 saturated carbocycles. The number of carbonyl (C=O) groups excluding carboxylic acids is 1. The van der Waals surface area contributed by atoms with Gasteiger partial charge < -0.3 is 14.7 Å². The Morgan fingerprint density at radius 1 is 1.69 bits per heavy atom. The van der Waals surface area contributed by atoms with Gasteiger partial charge in [0, 0.05) is 19.7 Å². The van der Waals surface area contributed by atoms with Crippen LogP contribution in [-0.2, 0) is 4.74 Å². The van der Waals surface area contributed by atoms with Gasteiger partial charge in [-0.25, -0.2) is 4.79 Å². The van der Waals surface area contributed by atoms with E-state index in [9.17, 15) is 4.79 Å². The minimum atomic E-state index is -0.249. The molecule has 0 aromatic rings. The zero-order valence-electron chi connectivity index (χ0n) is 8.03. The maximum Gasteiger partial charge on any atom is 0.409 e. The number of rotatable bonds is 2. The fraction of sp³-hybridized carbons (Fsp3) is 0.889. The predicted molar refractivity (Wildman–Crippen MR) is 48.4 cm³/mol. The summed E-state index contributed by atoms with van der Waals surface area (Å²) in [5, 5.41) is 8.94. The van der Waals surface area contributed by atoms with Crippen molar-refractivity contribution in [3.05, 3.63) is 0 Å². The van der Waals surface area contributed by atoms with E-state index in [1.165, 1.54) is 0 Å². The van der Waals surface area contributed by atoms with Crippen molar-refractivity contribution in [1.82, 2.24) is 4.90 Å². The van der Waals surface area contributed by atoms with E-state index in [1.807, 2.05) is 0 Å². The lowest BCUT2D eigenvalue weighted by Gasteiger charge is -2.30. The van der Waals surface area contributed by atoms with Gasteiger partial charge in [0.05, 0.1) is 6.61 Å². The highest BCUT2D eigenvalue weighted by Crippen LogP contribution is 2.16. The van der Waals surface area contributed by atoms with Crippen molar-refractivity contribution < 1.29 is 14.6 Å². The molecular formula is C9H17NO3. The van der Waals surface area contributed by atoms with Crippen LogP contribution in [0.15, 0.2) is 0 Å². The first-order valence-corrected chi connectivity index (χ1v) is 4.80. The highest BCUT2D eigenvalue weighted by atomic mass is 16.6. The van der Waals surface area contributed by atoms with E-state index >= 15 is 0 Å². The third kappa shape index (κ3) is 2.88. The summed E-state index contributed by atoms with van der Waals surface area (Å²) in [4.78, 5) is 13.0. The van der Waals surface area contributed by atoms with Crippen LogP contribution in [0.25, 0.3) is 0 Å². The van der Waals surface area contributed by atoms with Crippen molar-refractivity contribution in [3.63, 3.8) is 0 Å². The van der Waals surface area contributed by atoms with Crippen LogP contribution in [0.1, 0.15) is 19.8 Å². The molecule has 1 rings (SSSR count). The Hall–Kier alpha value is -0.770. The summed E-state index contributed by atoms with van der Waals surface area (Å²) in [6.45, 7) is 3.77. The molecule has 13 heavy (non-hydrogen) atoms. The Bertz CT molecular complexity index is 172. The van der Waals surface area contributed by atoms with Crippen LogP contribution in [0, 0.1) is 5.92 Å². The Kier molecular flexibility index (Phi) is 4.02. The Balaban J connectivity index is 2.37. The number of aliphatic hydroxyl groups is 1. The van der Waals surface area contributed by atoms with E-state index in [0.29, 0.717) is 13.2 Å². The number of carbonyl (C=O) groups is 1. The number of aliphatic hydroxyl groups excluding tert-OH is 1. The fourth-order valence-electron chi connectivity index (χ4n) is 1.59. The van der Waals surface area contributed by atoms with Crippen LogP contribution in [-0.4, -0.2) is 42.4 Å². The maximum atomic E-state index is 11.3. The van der Waals surface area contributed by atoms with Gasteiger partial charge in [-0.3, -0.25) is 0 Å². The quantitative estimate of drug-likeness (QED) is 0.697. The molecule has 4 heteroatoms. The van der Waals surface area contributed by atoms with Crippen molar-refractivity contribution in [2.24, 2.45) is 5.92 Å². The zero-order chi connectivity index (χ0) is 9.68. The molecule has 1 fully saturated rings. The van der Waals surface area contributed by atoms with Crippen LogP contribution >= 0.6 is 0 Å². The van der Waals surface area contributed by atoms with Gasteiger partial charge in [0.1, 0.15) is 0 Å². The average molecular weight is 187 g/mol. The van der Waals surface area contributed by atoms with Crippen LogP contribution in [0.3, 0.4) is 0 Å². The van der Waals surface area contributed by atoms with Crippen molar-refractivity contribution in [1.29, 1.82) is 0 Å². The van der Waals surface area contributed by atoms with Gasteiger partial charge in [-0.1, -0.05) is 0 Å². The number of hydrogen-bond acceptors (Lipinski definition) is 3. The lowest BCUT2D eigenvalue weighted by atomic mass is 10.00. The Labute approximate surface area is 78.5 Å². The third-order valence-corrected chi connectivity index (χ3v) is 2.30. The van der Waals surface area contributed by atoms with E-state index in [1.54, 1.807) is 11.8 Å². The molecule has 0 unspecified atom stereocenters. The van der Waals surface area contributed by atoms with Gasteiger partial charge >= 0.3 is 6.09 Å². The minimum absolute atomic E-state index is 0.163. The smallest absolute Gasteiger partial charge is 0.409 e. The molecule has 0 spiro atoms. The number of amides is 1. The topological polar surface area (TPSA) is 49.8 Å². The number of ether oxygens (including phenoxy) is 1. The van der Waals surface area contributed by atoms with Gasteiger partial charge in [-0.2, -0.15) is 0 Å². The van der Waals surface area contributed by atoms with Crippen molar-refractivity contribution in [2.45, 2.75) is 19.8 Å². The third-order valence-electron chi connectivity index (χ3n) is 2.30. The molecule has 0 aliphatic carbocycles. The van der Waals surface area contributed by atoms with E-state index in [0.717, 1.165) is 19.4 Å². The van der Waals surface area contributed by atoms with Crippen molar-refractivity contribution in [2.75, 3.05) is 26.3 Å². The molecule has 0 aromatic heterocycles. The van der Waals surface area contributed by atoms with Crippen LogP contribution in [0.5, 0.6) is 0 Å². The summed E-state index contributed by atoms with van der Waals surface area (Å²) in [6.07, 6.45) is 1.72. The summed E-state index contributed by atoms with van der Waals surface area (Å²) in [6, 6.07) is 0. The second kappa shape index (κ2) is 5.07. The largest absolute Gasteiger partial charge is 0.450 e. The van der Waals surface area contributed by atoms with E-state index in [-0.39, 0.29) is 18.6 Å². The zero-order valence-corrected chi connectivity index (χ0v) is 8.03. The van der Waals surface area contributed by atoms with Gasteiger partial charge in [-0.05, 0) is 25.7 Å². The fourth-order valence-corrected chi connectivity index (χ4v) is 1.59. The molecule has 1 heterocycles. The van der Waals surface area contributed by atoms with Crippen LogP contribution < -0.4 is 0 Å². The minimum Gasteiger partial charge on any atom is -0.450 e. The Morgan fingerprint density at radius 3 is 3.08 bits per heavy atom. The number of hydrogen-bond donors (Lipinski definition) is 1. The maximum absolute atomic E-state index is 11.3. The molecule has 1 saturated heterocycles. The second-order valence-electron chi connectivity index (χ2n) is 3.34. The van der Waals surface area contributed by atoms with Gasteiger partial charge in [0.2, 0.25) is 0 Å². The van der Waals surface area contributed by atoms with Crippen LogP contribution in [0.2, 0.25) is 0 Å². The lowest BCUT2D eigenvalue weighted by molar-refractivity contribution is 0.0762. The molecule has 1 aliphatic rings. The predicted octanol–water partition coefficient (Wildman–Crippen LogP) is 0.847. The number of likely N-dealkylation sites (tertiary alicyclic amines) is 1. The molecular weight excluding hydrogens is 170 g/mol. The molecule has 0 bridgehead atoms. The highest BCUT2D eigenvalue weighted by Gasteiger charge is 2.23. The Morgan fingerprint density at radius 2 is 2.46 bits per heavy atom. The molecule has 76 valence electrons. The monoisotopic (exact) mass is 187 g/mol. The second-order valence-corrected chi connectivity index (χ2v) is 3.34. The van der Waals surface area contributed by atoms with Gasteiger partial charge in [0.15, 0.2) is 0 Å². The molecule has 0 aromatic carbocycles. The SMILES string of the molecule is CCOC(=O)N1CCC[C@@H](CO)C1. The summed E-state index contributed by atoms with van der Waals surface area (Å²) < 4.78 is 4.88. The van der Waals surface area contributed by atoms with Gasteiger partial charge in [-0.15, -0.1) is 0 Å². The highest BCUT2D eigenvalue weighted by molar-refractivity contribution is 5.67. The van der Waals surface area contributed by atoms with Gasteiger partial charge in [0.25, 0.3) is 0 Å². The summed E-state index contributed by atoms with van der Waals surface area (Å²) >= 11 is 0. The molecule has 4 nitrogen and oxygen atoms in total. The van der Waals surface area contributed by atoms with E-state index < -0.39 is 0 Å². The first-order valence-electron chi connectivity index (χ1n) is 4.80. The average Bonchev–Trinajstić information content (AvgIpc) is 2.18.